The highest BCUT2D eigenvalue weighted by Gasteiger charge is 2.33. The van der Waals surface area contributed by atoms with E-state index in [4.69, 9.17) is 16.9 Å². The molecular weight excluding hydrogens is 311 g/mol. The van der Waals surface area contributed by atoms with Gasteiger partial charge in [0.25, 0.3) is 0 Å². The summed E-state index contributed by atoms with van der Waals surface area (Å²) >= 11 is 6.90. The van der Waals surface area contributed by atoms with Crippen molar-refractivity contribution in [3.05, 3.63) is 44.9 Å². The molecule has 3 nitrogen and oxygen atoms in total. The van der Waals surface area contributed by atoms with Gasteiger partial charge >= 0.3 is 6.18 Å². The van der Waals surface area contributed by atoms with Gasteiger partial charge in [-0.25, -0.2) is 4.98 Å². The molecule has 0 bridgehead atoms. The van der Waals surface area contributed by atoms with E-state index in [9.17, 15) is 13.2 Å². The third-order valence-electron chi connectivity index (χ3n) is 2.44. The van der Waals surface area contributed by atoms with Gasteiger partial charge in [0.05, 0.1) is 23.7 Å². The second kappa shape index (κ2) is 5.69. The lowest BCUT2D eigenvalue weighted by atomic mass is 10.1. The summed E-state index contributed by atoms with van der Waals surface area (Å²) in [6.07, 6.45) is -3.01. The number of thiazole rings is 1. The van der Waals surface area contributed by atoms with Crippen LogP contribution < -0.4 is 5.32 Å². The van der Waals surface area contributed by atoms with Crippen LogP contribution in [0.2, 0.25) is 4.47 Å². The molecule has 8 heteroatoms. The predicted octanol–water partition coefficient (Wildman–Crippen LogP) is 4.30. The van der Waals surface area contributed by atoms with Crippen molar-refractivity contribution in [1.82, 2.24) is 4.98 Å². The van der Waals surface area contributed by atoms with Crippen LogP contribution >= 0.6 is 22.9 Å². The molecule has 0 aliphatic rings. The molecule has 1 aromatic heterocycles. The largest absolute Gasteiger partial charge is 0.417 e. The summed E-state index contributed by atoms with van der Waals surface area (Å²) in [4.78, 5) is 4.63. The van der Waals surface area contributed by atoms with Gasteiger partial charge in [-0.3, -0.25) is 0 Å². The summed E-state index contributed by atoms with van der Waals surface area (Å²) in [5.41, 5.74) is -1.07. The Balaban J connectivity index is 2.19. The number of nitriles is 1. The zero-order chi connectivity index (χ0) is 14.8. The number of nitrogens with zero attached hydrogens (tertiary/aromatic N) is 2. The van der Waals surface area contributed by atoms with Crippen molar-refractivity contribution >= 4 is 28.6 Å². The van der Waals surface area contributed by atoms with E-state index in [2.05, 4.69) is 10.3 Å². The first-order chi connectivity index (χ1) is 9.40. The Morgan fingerprint density at radius 2 is 2.15 bits per heavy atom. The molecule has 1 aromatic carbocycles. The third-order valence-corrected chi connectivity index (χ3v) is 3.55. The standard InChI is InChI=1S/C12H7ClF3N3S/c13-11-19-6-9(20-11)5-18-8-2-1-7(4-17)10(3-8)12(14,15)16/h1-3,6,18H,5H2. The van der Waals surface area contributed by atoms with E-state index in [1.54, 1.807) is 6.20 Å². The molecule has 0 radical (unpaired) electrons. The monoisotopic (exact) mass is 317 g/mol. The molecule has 0 saturated carbocycles. The molecule has 1 heterocycles. The zero-order valence-electron chi connectivity index (χ0n) is 9.83. The molecule has 0 amide bonds. The molecule has 0 saturated heterocycles. The van der Waals surface area contributed by atoms with E-state index in [0.717, 1.165) is 17.0 Å². The van der Waals surface area contributed by atoms with Gasteiger partial charge in [0, 0.05) is 16.8 Å². The van der Waals surface area contributed by atoms with E-state index in [1.165, 1.54) is 23.5 Å². The lowest BCUT2D eigenvalue weighted by Gasteiger charge is -2.11. The SMILES string of the molecule is N#Cc1ccc(NCc2cnc(Cl)s2)cc1C(F)(F)F. The topological polar surface area (TPSA) is 48.7 Å². The highest BCUT2D eigenvalue weighted by molar-refractivity contribution is 7.15. The molecule has 0 unspecified atom stereocenters. The Hall–Kier alpha value is -1.78. The predicted molar refractivity (Wildman–Crippen MR) is 70.6 cm³/mol. The molecule has 20 heavy (non-hydrogen) atoms. The molecule has 2 aromatic rings. The maximum absolute atomic E-state index is 12.8. The van der Waals surface area contributed by atoms with Crippen LogP contribution in [0.5, 0.6) is 0 Å². The van der Waals surface area contributed by atoms with Gasteiger partial charge < -0.3 is 5.32 Å². The van der Waals surface area contributed by atoms with Crippen molar-refractivity contribution in [3.8, 4) is 6.07 Å². The maximum atomic E-state index is 12.8. The Morgan fingerprint density at radius 1 is 1.40 bits per heavy atom. The fraction of sp³-hybridized carbons (Fsp3) is 0.167. The summed E-state index contributed by atoms with van der Waals surface area (Å²) < 4.78 is 38.7. The van der Waals surface area contributed by atoms with Crippen molar-refractivity contribution in [1.29, 1.82) is 5.26 Å². The molecule has 0 spiro atoms. The fourth-order valence-electron chi connectivity index (χ4n) is 1.54. The highest BCUT2D eigenvalue weighted by Crippen LogP contribution is 2.33. The molecule has 0 aliphatic heterocycles. The van der Waals surface area contributed by atoms with Gasteiger partial charge in [-0.05, 0) is 18.2 Å². The number of hydrogen-bond acceptors (Lipinski definition) is 4. The van der Waals surface area contributed by atoms with E-state index in [-0.39, 0.29) is 5.69 Å². The van der Waals surface area contributed by atoms with Crippen LogP contribution in [0.25, 0.3) is 0 Å². The minimum atomic E-state index is -4.56. The van der Waals surface area contributed by atoms with E-state index in [0.29, 0.717) is 11.0 Å². The number of benzene rings is 1. The first-order valence-corrected chi connectivity index (χ1v) is 6.55. The lowest BCUT2D eigenvalue weighted by Crippen LogP contribution is -2.09. The Kier molecular flexibility index (Phi) is 4.16. The molecule has 104 valence electrons. The minimum absolute atomic E-state index is 0.279. The third kappa shape index (κ3) is 3.40. The van der Waals surface area contributed by atoms with Crippen LogP contribution in [0.1, 0.15) is 16.0 Å². The summed E-state index contributed by atoms with van der Waals surface area (Å²) in [7, 11) is 0. The fourth-order valence-corrected chi connectivity index (χ4v) is 2.46. The van der Waals surface area contributed by atoms with Gasteiger partial charge in [-0.1, -0.05) is 11.6 Å². The van der Waals surface area contributed by atoms with Crippen LogP contribution in [0, 0.1) is 11.3 Å². The summed E-state index contributed by atoms with van der Waals surface area (Å²) in [6, 6.07) is 5.02. The van der Waals surface area contributed by atoms with Gasteiger partial charge in [0.2, 0.25) is 0 Å². The van der Waals surface area contributed by atoms with Crippen LogP contribution in [0.4, 0.5) is 18.9 Å². The minimum Gasteiger partial charge on any atom is -0.380 e. The van der Waals surface area contributed by atoms with E-state index >= 15 is 0 Å². The smallest absolute Gasteiger partial charge is 0.380 e. The summed E-state index contributed by atoms with van der Waals surface area (Å²) in [5.74, 6) is 0. The van der Waals surface area contributed by atoms with Crippen molar-refractivity contribution in [2.45, 2.75) is 12.7 Å². The number of rotatable bonds is 3. The van der Waals surface area contributed by atoms with Gasteiger partial charge in [0.15, 0.2) is 4.47 Å². The number of anilines is 1. The molecule has 0 aliphatic carbocycles. The number of halogens is 4. The first kappa shape index (κ1) is 14.6. The second-order valence-electron chi connectivity index (χ2n) is 3.80. The number of nitrogens with one attached hydrogen (secondary N) is 1. The zero-order valence-corrected chi connectivity index (χ0v) is 11.4. The van der Waals surface area contributed by atoms with Gasteiger partial charge in [-0.15, -0.1) is 11.3 Å². The molecule has 0 fully saturated rings. The van der Waals surface area contributed by atoms with Gasteiger partial charge in [0.1, 0.15) is 0 Å². The van der Waals surface area contributed by atoms with Gasteiger partial charge in [-0.2, -0.15) is 18.4 Å². The lowest BCUT2D eigenvalue weighted by molar-refractivity contribution is -0.137. The number of alkyl halides is 3. The maximum Gasteiger partial charge on any atom is 0.417 e. The van der Waals surface area contributed by atoms with Crippen LogP contribution in [-0.4, -0.2) is 4.98 Å². The Bertz CT molecular complexity index is 661. The molecule has 2 rings (SSSR count). The van der Waals surface area contributed by atoms with E-state index < -0.39 is 17.3 Å². The highest BCUT2D eigenvalue weighted by atomic mass is 35.5. The summed E-state index contributed by atoms with van der Waals surface area (Å²) in [6.45, 7) is 0.313. The Labute approximate surface area is 121 Å². The average molecular weight is 318 g/mol. The van der Waals surface area contributed by atoms with Crippen LogP contribution in [0.15, 0.2) is 24.4 Å². The molecule has 0 atom stereocenters. The summed E-state index contributed by atoms with van der Waals surface area (Å²) in [5, 5.41) is 11.5. The van der Waals surface area contributed by atoms with E-state index in [1.807, 2.05) is 0 Å². The molecular formula is C12H7ClF3N3S. The number of hydrogen-bond donors (Lipinski definition) is 1. The Morgan fingerprint density at radius 3 is 2.70 bits per heavy atom. The van der Waals surface area contributed by atoms with Crippen molar-refractivity contribution in [2.75, 3.05) is 5.32 Å². The van der Waals surface area contributed by atoms with Crippen LogP contribution in [0.3, 0.4) is 0 Å². The average Bonchev–Trinajstić information content (AvgIpc) is 2.81. The van der Waals surface area contributed by atoms with Crippen molar-refractivity contribution in [3.63, 3.8) is 0 Å². The normalized spacial score (nSPS) is 11.2. The number of aromatic nitrogens is 1. The molecule has 1 N–H and O–H groups in total. The second-order valence-corrected chi connectivity index (χ2v) is 5.50. The van der Waals surface area contributed by atoms with Crippen molar-refractivity contribution < 1.29 is 13.2 Å². The first-order valence-electron chi connectivity index (χ1n) is 5.35. The van der Waals surface area contributed by atoms with Crippen molar-refractivity contribution in [2.24, 2.45) is 0 Å². The van der Waals surface area contributed by atoms with Crippen LogP contribution in [-0.2, 0) is 12.7 Å². The quantitative estimate of drug-likeness (QED) is 0.918.